The first kappa shape index (κ1) is 18.2. The van der Waals surface area contributed by atoms with Crippen LogP contribution in [0, 0.1) is 17.2 Å². The number of aromatic nitrogens is 1. The molecule has 1 N–H and O–H groups in total. The van der Waals surface area contributed by atoms with Gasteiger partial charge in [-0.2, -0.15) is 10.2 Å². The molecule has 2 aliphatic rings. The van der Waals surface area contributed by atoms with E-state index in [9.17, 15) is 5.26 Å². The van der Waals surface area contributed by atoms with Gasteiger partial charge in [-0.25, -0.2) is 0 Å². The fourth-order valence-electron chi connectivity index (χ4n) is 5.08. The molecule has 0 radical (unpaired) electrons. The molecular formula is C24H26N4O. The highest BCUT2D eigenvalue weighted by Crippen LogP contribution is 2.33. The van der Waals surface area contributed by atoms with Crippen LogP contribution in [0.2, 0.25) is 0 Å². The molecule has 29 heavy (non-hydrogen) atoms. The second-order valence-corrected chi connectivity index (χ2v) is 8.22. The number of hydrogen-bond donors (Lipinski definition) is 1. The zero-order valence-corrected chi connectivity index (χ0v) is 16.6. The molecule has 5 rings (SSSR count). The standard InChI is InChI=1S/C24H26N4O/c25-15-21-24(26-16-18-9-6-14-28-13-4-3-12-22(18)28)29-23(27-21)20-11-5-8-17-7-1-2-10-19(17)20/h1-2,5,7-8,10-11,18,22,26H,3-4,6,9,12-14,16H2/t18-,22-/m1/s1. The molecule has 3 aromatic rings. The molecule has 2 fully saturated rings. The normalized spacial score (nSPS) is 22.2. The topological polar surface area (TPSA) is 65.1 Å². The van der Waals surface area contributed by atoms with Gasteiger partial charge in [0.1, 0.15) is 6.07 Å². The molecule has 5 nitrogen and oxygen atoms in total. The van der Waals surface area contributed by atoms with E-state index in [2.05, 4.69) is 39.5 Å². The Morgan fingerprint density at radius 3 is 2.86 bits per heavy atom. The number of rotatable bonds is 4. The van der Waals surface area contributed by atoms with Crippen molar-refractivity contribution in [1.82, 2.24) is 9.88 Å². The maximum absolute atomic E-state index is 9.60. The lowest BCUT2D eigenvalue weighted by Crippen LogP contribution is -2.49. The van der Waals surface area contributed by atoms with E-state index in [1.165, 1.54) is 45.2 Å². The van der Waals surface area contributed by atoms with E-state index in [-0.39, 0.29) is 0 Å². The Hall–Kier alpha value is -2.84. The van der Waals surface area contributed by atoms with E-state index >= 15 is 0 Å². The van der Waals surface area contributed by atoms with Crippen molar-refractivity contribution in [1.29, 1.82) is 5.26 Å². The Balaban J connectivity index is 1.39. The third kappa shape index (κ3) is 3.49. The molecule has 0 unspecified atom stereocenters. The van der Waals surface area contributed by atoms with Crippen molar-refractivity contribution in [3.05, 3.63) is 48.2 Å². The molecule has 5 heteroatoms. The van der Waals surface area contributed by atoms with E-state index < -0.39 is 0 Å². The van der Waals surface area contributed by atoms with Gasteiger partial charge in [0.15, 0.2) is 0 Å². The quantitative estimate of drug-likeness (QED) is 0.680. The molecule has 2 aromatic carbocycles. The molecule has 0 bridgehead atoms. The number of nitriles is 1. The number of piperidine rings is 2. The molecule has 2 saturated heterocycles. The van der Waals surface area contributed by atoms with Gasteiger partial charge in [-0.1, -0.05) is 42.8 Å². The zero-order chi connectivity index (χ0) is 19.6. The molecule has 0 amide bonds. The van der Waals surface area contributed by atoms with Crippen molar-refractivity contribution in [2.24, 2.45) is 5.92 Å². The Labute approximate surface area is 171 Å². The van der Waals surface area contributed by atoms with Crippen LogP contribution in [0.3, 0.4) is 0 Å². The van der Waals surface area contributed by atoms with Gasteiger partial charge in [0, 0.05) is 18.2 Å². The molecule has 0 aliphatic carbocycles. The summed E-state index contributed by atoms with van der Waals surface area (Å²) in [4.78, 5) is 7.15. The summed E-state index contributed by atoms with van der Waals surface area (Å²) in [5.74, 6) is 1.61. The fourth-order valence-corrected chi connectivity index (χ4v) is 5.08. The first-order valence-corrected chi connectivity index (χ1v) is 10.7. The molecule has 148 valence electrons. The third-order valence-corrected chi connectivity index (χ3v) is 6.51. The lowest BCUT2D eigenvalue weighted by atomic mass is 9.83. The van der Waals surface area contributed by atoms with Crippen LogP contribution in [-0.2, 0) is 0 Å². The number of hydrogen-bond acceptors (Lipinski definition) is 5. The highest BCUT2D eigenvalue weighted by molar-refractivity contribution is 5.94. The average molecular weight is 386 g/mol. The first-order chi connectivity index (χ1) is 14.3. The van der Waals surface area contributed by atoms with Crippen molar-refractivity contribution in [2.45, 2.75) is 38.1 Å². The third-order valence-electron chi connectivity index (χ3n) is 6.51. The fraction of sp³-hybridized carbons (Fsp3) is 0.417. The SMILES string of the molecule is N#Cc1nc(-c2cccc3ccccc23)oc1NC[C@H]1CCCN2CCCC[C@H]12. The van der Waals surface area contributed by atoms with E-state index in [0.29, 0.717) is 29.4 Å². The van der Waals surface area contributed by atoms with Gasteiger partial charge in [0.25, 0.3) is 0 Å². The molecule has 1 aromatic heterocycles. The predicted octanol–water partition coefficient (Wildman–Crippen LogP) is 5.04. The van der Waals surface area contributed by atoms with Gasteiger partial charge in [-0.3, -0.25) is 0 Å². The van der Waals surface area contributed by atoms with E-state index in [4.69, 9.17) is 4.42 Å². The number of nitrogens with one attached hydrogen (secondary N) is 1. The summed E-state index contributed by atoms with van der Waals surface area (Å²) in [6.07, 6.45) is 6.43. The van der Waals surface area contributed by atoms with Gasteiger partial charge < -0.3 is 14.6 Å². The van der Waals surface area contributed by atoms with Gasteiger partial charge in [-0.05, 0) is 61.5 Å². The largest absolute Gasteiger partial charge is 0.419 e. The van der Waals surface area contributed by atoms with Crippen molar-refractivity contribution in [3.63, 3.8) is 0 Å². The number of fused-ring (bicyclic) bond motifs is 2. The van der Waals surface area contributed by atoms with E-state index in [0.717, 1.165) is 22.9 Å². The molecular weight excluding hydrogens is 360 g/mol. The number of anilines is 1. The minimum Gasteiger partial charge on any atom is -0.419 e. The van der Waals surface area contributed by atoms with Gasteiger partial charge >= 0.3 is 0 Å². The molecule has 2 aliphatic heterocycles. The van der Waals surface area contributed by atoms with Crippen LogP contribution in [-0.4, -0.2) is 35.6 Å². The molecule has 0 saturated carbocycles. The number of nitrogens with zero attached hydrogens (tertiary/aromatic N) is 3. The minimum atomic E-state index is 0.337. The van der Waals surface area contributed by atoms with Crippen molar-refractivity contribution >= 4 is 16.7 Å². The maximum Gasteiger partial charge on any atom is 0.232 e. The molecule has 2 atom stereocenters. The maximum atomic E-state index is 9.60. The highest BCUT2D eigenvalue weighted by Gasteiger charge is 2.33. The Morgan fingerprint density at radius 2 is 1.93 bits per heavy atom. The van der Waals surface area contributed by atoms with Gasteiger partial charge in [0.05, 0.1) is 0 Å². The van der Waals surface area contributed by atoms with Crippen LogP contribution in [0.25, 0.3) is 22.2 Å². The van der Waals surface area contributed by atoms with Crippen LogP contribution in [0.15, 0.2) is 46.9 Å². The van der Waals surface area contributed by atoms with Crippen molar-refractivity contribution in [3.8, 4) is 17.5 Å². The summed E-state index contributed by atoms with van der Waals surface area (Å²) >= 11 is 0. The zero-order valence-electron chi connectivity index (χ0n) is 16.6. The summed E-state index contributed by atoms with van der Waals surface area (Å²) in [5.41, 5.74) is 1.26. The van der Waals surface area contributed by atoms with Crippen LogP contribution in [0.5, 0.6) is 0 Å². The lowest BCUT2D eigenvalue weighted by Gasteiger charge is -2.44. The highest BCUT2D eigenvalue weighted by atomic mass is 16.4. The van der Waals surface area contributed by atoms with Gasteiger partial charge in [-0.15, -0.1) is 0 Å². The summed E-state index contributed by atoms with van der Waals surface area (Å²) in [6.45, 7) is 3.30. The van der Waals surface area contributed by atoms with E-state index in [1.807, 2.05) is 24.3 Å². The van der Waals surface area contributed by atoms with Crippen LogP contribution < -0.4 is 5.32 Å². The minimum absolute atomic E-state index is 0.337. The smallest absolute Gasteiger partial charge is 0.232 e. The number of benzene rings is 2. The Morgan fingerprint density at radius 1 is 1.07 bits per heavy atom. The summed E-state index contributed by atoms with van der Waals surface area (Å²) in [5, 5.41) is 15.2. The van der Waals surface area contributed by atoms with Crippen LogP contribution >= 0.6 is 0 Å². The Kier molecular flexibility index (Phi) is 4.95. The Bertz CT molecular complexity index is 1040. The van der Waals surface area contributed by atoms with E-state index in [1.54, 1.807) is 0 Å². The monoisotopic (exact) mass is 386 g/mol. The molecule has 3 heterocycles. The van der Waals surface area contributed by atoms with Gasteiger partial charge in [0.2, 0.25) is 17.5 Å². The van der Waals surface area contributed by atoms with Crippen molar-refractivity contribution < 1.29 is 4.42 Å². The summed E-state index contributed by atoms with van der Waals surface area (Å²) < 4.78 is 6.07. The first-order valence-electron chi connectivity index (χ1n) is 10.7. The average Bonchev–Trinajstić information content (AvgIpc) is 3.20. The predicted molar refractivity (Wildman–Crippen MR) is 115 cm³/mol. The summed E-state index contributed by atoms with van der Waals surface area (Å²) in [7, 11) is 0. The number of oxazole rings is 1. The van der Waals surface area contributed by atoms with Crippen LogP contribution in [0.1, 0.15) is 37.8 Å². The molecule has 0 spiro atoms. The van der Waals surface area contributed by atoms with Crippen molar-refractivity contribution in [2.75, 3.05) is 25.0 Å². The summed E-state index contributed by atoms with van der Waals surface area (Å²) in [6, 6.07) is 17.1. The second-order valence-electron chi connectivity index (χ2n) is 8.22. The second kappa shape index (κ2) is 7.88. The lowest BCUT2D eigenvalue weighted by molar-refractivity contribution is 0.0647. The van der Waals surface area contributed by atoms with Crippen LogP contribution in [0.4, 0.5) is 5.88 Å².